The maximum Gasteiger partial charge on any atom is 0.307 e. The van der Waals surface area contributed by atoms with Crippen molar-refractivity contribution in [2.45, 2.75) is 88.9 Å². The molecule has 5 aromatic rings. The summed E-state index contributed by atoms with van der Waals surface area (Å²) in [6, 6.07) is 32.7. The summed E-state index contributed by atoms with van der Waals surface area (Å²) in [5, 5.41) is 7.11. The van der Waals surface area contributed by atoms with Crippen molar-refractivity contribution in [3.05, 3.63) is 126 Å². The number of nitrogens with one attached hydrogen (secondary N) is 3. The third-order valence-electron chi connectivity index (χ3n) is 11.2. The highest BCUT2D eigenvalue weighted by Gasteiger charge is 2.39. The average Bonchev–Trinajstić information content (AvgIpc) is 4.01. The molecule has 2 saturated heterocycles. The number of likely N-dealkylation sites (N-methyl/N-ethyl adjacent to an activating group) is 1. The molecule has 7 rings (SSSR count). The van der Waals surface area contributed by atoms with E-state index in [1.165, 1.54) is 0 Å². The van der Waals surface area contributed by atoms with Crippen LogP contribution >= 0.6 is 0 Å². The van der Waals surface area contributed by atoms with Gasteiger partial charge in [-0.3, -0.25) is 24.0 Å². The Kier molecular flexibility index (Phi) is 12.4. The predicted octanol–water partition coefficient (Wildman–Crippen LogP) is 7.34. The van der Waals surface area contributed by atoms with Crippen LogP contribution in [0.1, 0.15) is 81.5 Å². The molecule has 3 amide bonds. The number of nitrogens with zero attached hydrogens (tertiary/aromatic N) is 2. The molecule has 4 atom stereocenters. The first kappa shape index (κ1) is 41.1. The molecule has 59 heavy (non-hydrogen) atoms. The lowest BCUT2D eigenvalue weighted by molar-refractivity contribution is -0.157. The minimum Gasteiger partial charge on any atom is -0.460 e. The van der Waals surface area contributed by atoms with E-state index >= 15 is 0 Å². The smallest absolute Gasteiger partial charge is 0.307 e. The van der Waals surface area contributed by atoms with Crippen LogP contribution in [0.3, 0.4) is 0 Å². The van der Waals surface area contributed by atoms with Crippen molar-refractivity contribution in [2.75, 3.05) is 25.5 Å². The fraction of sp³-hybridized carbons (Fsp3) is 0.354. The Morgan fingerprint density at radius 3 is 2.03 bits per heavy atom. The van der Waals surface area contributed by atoms with Gasteiger partial charge in [0.2, 0.25) is 17.7 Å². The van der Waals surface area contributed by atoms with Gasteiger partial charge < -0.3 is 30.2 Å². The van der Waals surface area contributed by atoms with Crippen LogP contribution in [0.25, 0.3) is 22.2 Å². The highest BCUT2D eigenvalue weighted by atomic mass is 16.6. The third-order valence-corrected chi connectivity index (χ3v) is 11.2. The van der Waals surface area contributed by atoms with E-state index in [1.807, 2.05) is 109 Å². The molecule has 2 fully saturated rings. The van der Waals surface area contributed by atoms with Gasteiger partial charge in [-0.2, -0.15) is 0 Å². The number of amides is 3. The molecule has 0 radical (unpaired) electrons. The zero-order chi connectivity index (χ0) is 41.7. The van der Waals surface area contributed by atoms with Gasteiger partial charge in [0.15, 0.2) is 5.78 Å². The molecule has 3 N–H and O–H groups in total. The first-order chi connectivity index (χ1) is 28.4. The first-order valence-electron chi connectivity index (χ1n) is 20.5. The van der Waals surface area contributed by atoms with Gasteiger partial charge in [0.05, 0.1) is 18.4 Å². The number of Topliss-reactive ketones (excluding diaryl/α,β-unsaturated/α-hetero) is 1. The van der Waals surface area contributed by atoms with Gasteiger partial charge in [0.1, 0.15) is 17.7 Å². The van der Waals surface area contributed by atoms with E-state index in [4.69, 9.17) is 4.74 Å². The number of likely N-dealkylation sites (tertiary alicyclic amines) is 2. The van der Waals surface area contributed by atoms with Crippen molar-refractivity contribution in [1.82, 2.24) is 20.1 Å². The number of carbonyl (C=O) groups is 5. The molecule has 11 heteroatoms. The monoisotopic (exact) mass is 795 g/mol. The lowest BCUT2D eigenvalue weighted by Crippen LogP contribution is -2.46. The van der Waals surface area contributed by atoms with Crippen LogP contribution < -0.4 is 10.6 Å². The van der Waals surface area contributed by atoms with E-state index in [-0.39, 0.29) is 36.3 Å². The van der Waals surface area contributed by atoms with Crippen LogP contribution in [-0.4, -0.2) is 82.1 Å². The Morgan fingerprint density at radius 1 is 0.763 bits per heavy atom. The molecular weight excluding hydrogens is 743 g/mol. The van der Waals surface area contributed by atoms with Crippen LogP contribution in [0.5, 0.6) is 0 Å². The van der Waals surface area contributed by atoms with E-state index in [1.54, 1.807) is 37.6 Å². The summed E-state index contributed by atoms with van der Waals surface area (Å²) >= 11 is 0. The maximum absolute atomic E-state index is 14.0. The molecule has 0 unspecified atom stereocenters. The van der Waals surface area contributed by atoms with Gasteiger partial charge in [-0.25, -0.2) is 0 Å². The number of rotatable bonds is 13. The average molecular weight is 796 g/mol. The molecule has 2 aliphatic heterocycles. The van der Waals surface area contributed by atoms with E-state index in [0.717, 1.165) is 39.7 Å². The number of aromatic nitrogens is 1. The van der Waals surface area contributed by atoms with Crippen molar-refractivity contribution in [2.24, 2.45) is 0 Å². The Balaban J connectivity index is 0.985. The largest absolute Gasteiger partial charge is 0.460 e. The Hall–Kier alpha value is -6.07. The number of carbonyl (C=O) groups excluding carboxylic acids is 5. The fourth-order valence-corrected chi connectivity index (χ4v) is 8.42. The van der Waals surface area contributed by atoms with Crippen molar-refractivity contribution < 1.29 is 28.7 Å². The number of esters is 1. The highest BCUT2D eigenvalue weighted by Crippen LogP contribution is 2.31. The van der Waals surface area contributed by atoms with Gasteiger partial charge in [0, 0.05) is 41.8 Å². The molecule has 3 heterocycles. The van der Waals surface area contributed by atoms with E-state index < -0.39 is 35.6 Å². The summed E-state index contributed by atoms with van der Waals surface area (Å²) in [6.45, 7) is 6.37. The van der Waals surface area contributed by atoms with E-state index in [9.17, 15) is 24.0 Å². The summed E-state index contributed by atoms with van der Waals surface area (Å²) in [5.41, 5.74) is 5.12. The van der Waals surface area contributed by atoms with Gasteiger partial charge in [0.25, 0.3) is 0 Å². The molecular formula is C48H53N5O6. The number of anilines is 1. The topological polar surface area (TPSA) is 141 Å². The lowest BCUT2D eigenvalue weighted by atomic mass is 9.93. The van der Waals surface area contributed by atoms with Gasteiger partial charge in [-0.15, -0.1) is 0 Å². The zero-order valence-electron chi connectivity index (χ0n) is 34.2. The van der Waals surface area contributed by atoms with E-state index in [2.05, 4.69) is 15.6 Å². The normalized spacial score (nSPS) is 17.8. The molecule has 306 valence electrons. The van der Waals surface area contributed by atoms with Gasteiger partial charge in [-0.05, 0) is 106 Å². The Morgan fingerprint density at radius 2 is 1.39 bits per heavy atom. The number of hydrogen-bond acceptors (Lipinski definition) is 7. The minimum atomic E-state index is -0.767. The molecule has 2 aliphatic rings. The van der Waals surface area contributed by atoms with Gasteiger partial charge in [-0.1, -0.05) is 78.9 Å². The quantitative estimate of drug-likeness (QED) is 0.106. The first-order valence-corrected chi connectivity index (χ1v) is 20.5. The second kappa shape index (κ2) is 17.8. The molecule has 0 bridgehead atoms. The molecule has 4 aromatic carbocycles. The molecule has 11 nitrogen and oxygen atoms in total. The molecule has 0 aliphatic carbocycles. The van der Waals surface area contributed by atoms with Crippen LogP contribution in [-0.2, 0) is 35.1 Å². The van der Waals surface area contributed by atoms with Crippen molar-refractivity contribution in [3.8, 4) is 11.3 Å². The van der Waals surface area contributed by atoms with Crippen LogP contribution in [0, 0.1) is 0 Å². The molecule has 0 saturated carbocycles. The number of benzene rings is 4. The highest BCUT2D eigenvalue weighted by molar-refractivity contribution is 5.99. The van der Waals surface area contributed by atoms with Crippen LogP contribution in [0.15, 0.2) is 109 Å². The van der Waals surface area contributed by atoms with Crippen molar-refractivity contribution >= 4 is 46.1 Å². The number of aromatic amines is 1. The SMILES string of the molecule is CN[C@@H](C(=O)N1CCC[C@H]1C(=O)Cc1ccc2[nH]c(-c3ccc(NC(=O)[C@@H]4CCCN4C(=O)[C@H](CC(=O)OC(C)(C)C)c4ccccc4)cc3)cc2c1)c1ccccc1. The predicted molar refractivity (Wildman–Crippen MR) is 228 cm³/mol. The van der Waals surface area contributed by atoms with Crippen LogP contribution in [0.4, 0.5) is 5.69 Å². The summed E-state index contributed by atoms with van der Waals surface area (Å²) in [7, 11) is 1.77. The Bertz CT molecular complexity index is 2300. The standard InChI is InChI=1S/C48H53N5O6/c1-48(2,3)59-43(55)30-37(32-13-7-5-8-14-32)46(57)53-26-12-18-41(53)45(56)50-36-22-20-33(21-23-36)39-29-35-27-31(19-24-38(35)51-39)28-42(54)40-17-11-25-52(40)47(58)44(49-4)34-15-9-6-10-16-34/h5-10,13-16,19-24,27,29,37,40-41,44,49,51H,11-12,17-18,25-26,28,30H2,1-4H3,(H,50,56)/t37-,40+,41+,44-/m1/s1. The fourth-order valence-electron chi connectivity index (χ4n) is 8.42. The summed E-state index contributed by atoms with van der Waals surface area (Å²) in [6.07, 6.45) is 2.77. The third kappa shape index (κ3) is 9.63. The molecule has 0 spiro atoms. The number of ketones is 1. The number of H-pyrrole nitrogens is 1. The summed E-state index contributed by atoms with van der Waals surface area (Å²) in [5.74, 6) is -1.81. The second-order valence-electron chi connectivity index (χ2n) is 16.6. The Labute approximate surface area is 345 Å². The number of fused-ring (bicyclic) bond motifs is 1. The van der Waals surface area contributed by atoms with Crippen molar-refractivity contribution in [1.29, 1.82) is 0 Å². The number of ether oxygens (including phenoxy) is 1. The summed E-state index contributed by atoms with van der Waals surface area (Å²) < 4.78 is 5.56. The maximum atomic E-state index is 14.0. The number of hydrogen-bond donors (Lipinski definition) is 3. The van der Waals surface area contributed by atoms with Crippen LogP contribution in [0.2, 0.25) is 0 Å². The minimum absolute atomic E-state index is 0.0356. The summed E-state index contributed by atoms with van der Waals surface area (Å²) in [4.78, 5) is 74.7. The zero-order valence-corrected chi connectivity index (χ0v) is 34.2. The van der Waals surface area contributed by atoms with E-state index in [0.29, 0.717) is 43.6 Å². The molecule has 1 aromatic heterocycles. The van der Waals surface area contributed by atoms with Gasteiger partial charge >= 0.3 is 5.97 Å². The lowest BCUT2D eigenvalue weighted by Gasteiger charge is -2.29. The van der Waals surface area contributed by atoms with Crippen molar-refractivity contribution in [3.63, 3.8) is 0 Å². The second-order valence-corrected chi connectivity index (χ2v) is 16.6.